The van der Waals surface area contributed by atoms with E-state index in [2.05, 4.69) is 61.2 Å². The molecule has 2 aliphatic heterocycles. The molecule has 63 heavy (non-hydrogen) atoms. The molecular formula is C54H53N3O6. The summed E-state index contributed by atoms with van der Waals surface area (Å²) in [5.41, 5.74) is 20.9. The third-order valence-electron chi connectivity index (χ3n) is 13.0. The van der Waals surface area contributed by atoms with Gasteiger partial charge in [0.15, 0.2) is 28.8 Å². The maximum absolute atomic E-state index is 13.9. The number of allylic oxidation sites excluding steroid dienone is 7. The molecule has 0 radical (unpaired) electrons. The van der Waals surface area contributed by atoms with E-state index >= 15 is 0 Å². The van der Waals surface area contributed by atoms with Crippen LogP contribution in [-0.2, 0) is 0 Å². The molecule has 9 heteroatoms. The third-order valence-corrected chi connectivity index (χ3v) is 13.0. The fourth-order valence-electron chi connectivity index (χ4n) is 9.35. The van der Waals surface area contributed by atoms with Gasteiger partial charge in [-0.15, -0.1) is 5.73 Å². The summed E-state index contributed by atoms with van der Waals surface area (Å²) in [6.45, 7) is 2.80. The zero-order valence-electron chi connectivity index (χ0n) is 36.2. The van der Waals surface area contributed by atoms with Crippen molar-refractivity contribution in [3.8, 4) is 23.0 Å². The molecular weight excluding hydrogens is 787 g/mol. The Bertz CT molecular complexity index is 2650. The van der Waals surface area contributed by atoms with Gasteiger partial charge in [-0.25, -0.2) is 0 Å². The fraction of sp³-hybridized carbons (Fsp3) is 0.296. The van der Waals surface area contributed by atoms with Crippen molar-refractivity contribution in [1.82, 2.24) is 4.90 Å². The number of anilines is 1. The summed E-state index contributed by atoms with van der Waals surface area (Å²) in [6, 6.07) is 23.7. The zero-order valence-corrected chi connectivity index (χ0v) is 36.2. The van der Waals surface area contributed by atoms with Crippen molar-refractivity contribution >= 4 is 46.5 Å². The summed E-state index contributed by atoms with van der Waals surface area (Å²) in [7, 11) is 3.13. The van der Waals surface area contributed by atoms with Crippen LogP contribution in [0.4, 0.5) is 11.4 Å². The normalized spacial score (nSPS) is 20.1. The van der Waals surface area contributed by atoms with Gasteiger partial charge in [0, 0.05) is 54.9 Å². The number of nitrogens with zero attached hydrogens (tertiary/aromatic N) is 2. The van der Waals surface area contributed by atoms with Gasteiger partial charge in [-0.1, -0.05) is 65.8 Å². The minimum atomic E-state index is -0.201. The molecule has 0 spiro atoms. The molecule has 1 fully saturated rings. The van der Waals surface area contributed by atoms with Crippen LogP contribution in [0.2, 0.25) is 0 Å². The molecule has 320 valence electrons. The van der Waals surface area contributed by atoms with E-state index in [4.69, 9.17) is 29.7 Å². The van der Waals surface area contributed by atoms with Crippen molar-refractivity contribution < 1.29 is 28.5 Å². The predicted octanol–water partition coefficient (Wildman–Crippen LogP) is 11.5. The van der Waals surface area contributed by atoms with E-state index in [0.29, 0.717) is 83.9 Å². The molecule has 9 nitrogen and oxygen atoms in total. The van der Waals surface area contributed by atoms with E-state index in [1.54, 1.807) is 42.9 Å². The number of fused-ring (bicyclic) bond motifs is 4. The highest BCUT2D eigenvalue weighted by atomic mass is 16.5. The van der Waals surface area contributed by atoms with Gasteiger partial charge in [0.25, 0.3) is 5.91 Å². The Morgan fingerprint density at radius 2 is 1.49 bits per heavy atom. The molecule has 1 amide bonds. The van der Waals surface area contributed by atoms with Crippen molar-refractivity contribution in [3.05, 3.63) is 154 Å². The number of amides is 1. The average molecular weight is 840 g/mol. The Kier molecular flexibility index (Phi) is 12.0. The van der Waals surface area contributed by atoms with E-state index in [0.717, 1.165) is 28.7 Å². The van der Waals surface area contributed by atoms with Crippen LogP contribution < -0.4 is 24.7 Å². The highest BCUT2D eigenvalue weighted by Crippen LogP contribution is 2.42. The number of nitrogens with two attached hydrogens (primary N) is 1. The first kappa shape index (κ1) is 41.5. The monoisotopic (exact) mass is 839 g/mol. The fourth-order valence-corrected chi connectivity index (χ4v) is 9.35. The average Bonchev–Trinajstić information content (AvgIpc) is 3.72. The molecule has 2 heterocycles. The quantitative estimate of drug-likeness (QED) is 0.0692. The number of aliphatic imine (C=N–C) groups is 1. The molecule has 9 rings (SSSR count). The Labute approximate surface area is 369 Å². The van der Waals surface area contributed by atoms with Crippen molar-refractivity contribution in [2.45, 2.75) is 70.3 Å². The lowest BCUT2D eigenvalue weighted by molar-refractivity contribution is 0.0817. The van der Waals surface area contributed by atoms with Crippen LogP contribution in [0.1, 0.15) is 107 Å². The molecule has 3 aliphatic carbocycles. The second-order valence-corrected chi connectivity index (χ2v) is 16.9. The number of methoxy groups -OCH3 is 2. The smallest absolute Gasteiger partial charge is 0.260 e. The first-order valence-electron chi connectivity index (χ1n) is 22.0. The van der Waals surface area contributed by atoms with Gasteiger partial charge in [-0.05, 0) is 121 Å². The summed E-state index contributed by atoms with van der Waals surface area (Å²) in [6.07, 6.45) is 21.4. The van der Waals surface area contributed by atoms with E-state index in [9.17, 15) is 9.59 Å². The van der Waals surface area contributed by atoms with Crippen LogP contribution in [-0.4, -0.2) is 56.3 Å². The van der Waals surface area contributed by atoms with Gasteiger partial charge >= 0.3 is 0 Å². The lowest BCUT2D eigenvalue weighted by Crippen LogP contribution is -2.32. The lowest BCUT2D eigenvalue weighted by atomic mass is 9.80. The van der Waals surface area contributed by atoms with Crippen molar-refractivity contribution in [1.29, 1.82) is 0 Å². The second-order valence-electron chi connectivity index (χ2n) is 16.9. The van der Waals surface area contributed by atoms with Crippen LogP contribution in [0.5, 0.6) is 23.0 Å². The molecule has 4 aromatic carbocycles. The van der Waals surface area contributed by atoms with E-state index in [1.807, 2.05) is 48.8 Å². The molecule has 2 atom stereocenters. The first-order valence-corrected chi connectivity index (χ1v) is 22.0. The van der Waals surface area contributed by atoms with Gasteiger partial charge in [0.05, 0.1) is 44.7 Å². The Balaban J connectivity index is 0.831. The van der Waals surface area contributed by atoms with Crippen molar-refractivity contribution in [3.63, 3.8) is 0 Å². The number of rotatable bonds is 11. The van der Waals surface area contributed by atoms with Crippen molar-refractivity contribution in [2.24, 2.45) is 10.9 Å². The maximum Gasteiger partial charge on any atom is 0.260 e. The number of ether oxygens (including phenoxy) is 4. The molecule has 0 unspecified atom stereocenters. The molecule has 4 aromatic rings. The molecule has 0 bridgehead atoms. The topological polar surface area (TPSA) is 113 Å². The van der Waals surface area contributed by atoms with E-state index < -0.39 is 0 Å². The number of Topliss-reactive ketones (excluding diaryl/α,β-unsaturated/α-hetero) is 1. The summed E-state index contributed by atoms with van der Waals surface area (Å²) in [4.78, 5) is 34.1. The number of hydrogen-bond donors (Lipinski definition) is 1. The Hall–Kier alpha value is -6.83. The second kappa shape index (κ2) is 18.3. The number of hydrogen-bond acceptors (Lipinski definition) is 8. The lowest BCUT2D eigenvalue weighted by Gasteiger charge is -2.25. The Morgan fingerprint density at radius 1 is 0.810 bits per heavy atom. The minimum Gasteiger partial charge on any atom is -0.493 e. The number of carbonyl (C=O) groups excluding carboxylic acids is 2. The zero-order chi connectivity index (χ0) is 43.5. The van der Waals surface area contributed by atoms with Gasteiger partial charge in [-0.2, -0.15) is 0 Å². The molecule has 5 aliphatic rings. The highest BCUT2D eigenvalue weighted by molar-refractivity contribution is 6.05. The summed E-state index contributed by atoms with van der Waals surface area (Å²) in [5.74, 6) is 2.53. The first-order chi connectivity index (χ1) is 30.8. The largest absolute Gasteiger partial charge is 0.493 e. The number of nitrogen functional groups attached to an aromatic ring is 1. The number of ketones is 1. The van der Waals surface area contributed by atoms with Crippen molar-refractivity contribution in [2.75, 3.05) is 33.2 Å². The van der Waals surface area contributed by atoms with Gasteiger partial charge < -0.3 is 29.6 Å². The SMILES string of the molecule is CC=C1CCC(c2ccc(C3=CC=C4CC(=O)c5cc(OC)c(OCCCOc6cc7c(cc6OC)C(=O)N6C=C(c8ccc(N)cc8)C[C@H]6C=N7)cc5C=C=C[C@@H]4C3)cc2)CC1. The Morgan fingerprint density at radius 3 is 2.21 bits per heavy atom. The number of benzene rings is 4. The molecule has 2 N–H and O–H groups in total. The summed E-state index contributed by atoms with van der Waals surface area (Å²) >= 11 is 0. The highest BCUT2D eigenvalue weighted by Gasteiger charge is 2.34. The summed E-state index contributed by atoms with van der Waals surface area (Å²) in [5, 5.41) is 0. The molecule has 0 saturated heterocycles. The third kappa shape index (κ3) is 8.79. The van der Waals surface area contributed by atoms with E-state index in [-0.39, 0.29) is 23.7 Å². The van der Waals surface area contributed by atoms with Crippen LogP contribution in [0.15, 0.2) is 125 Å². The van der Waals surface area contributed by atoms with Gasteiger partial charge in [0.2, 0.25) is 0 Å². The van der Waals surface area contributed by atoms with Gasteiger partial charge in [0.1, 0.15) is 0 Å². The van der Waals surface area contributed by atoms with E-state index in [1.165, 1.54) is 42.4 Å². The standard InChI is InChI=1S/C54H53N3O6/c1-4-34-9-11-35(12-10-34)36-13-15-37(16-14-36)40-17-18-41-27-49(58)46-29-50(60-2)52(28-42(46)8-5-7-39(41)25-40)62-23-6-24-63-53-31-48-47(30-51(53)61-3)54(59)57-33-43(26-45(57)32-56-48)38-19-21-44(55)22-20-38/h4,7-8,13-22,28-33,35,39,45H,6,9-12,23-27,55H2,1-3H3/t5?,35?,39-,45+/m1/s1. The van der Waals surface area contributed by atoms with Gasteiger partial charge in [-0.3, -0.25) is 14.6 Å². The van der Waals surface area contributed by atoms with Crippen LogP contribution >= 0.6 is 0 Å². The number of carbonyl (C=O) groups is 2. The molecule has 1 saturated carbocycles. The van der Waals surface area contributed by atoms with Crippen LogP contribution in [0.3, 0.4) is 0 Å². The van der Waals surface area contributed by atoms with Crippen LogP contribution in [0, 0.1) is 5.92 Å². The minimum absolute atomic E-state index is 0.0307. The maximum atomic E-state index is 13.9. The van der Waals surface area contributed by atoms with Crippen LogP contribution in [0.25, 0.3) is 17.2 Å². The predicted molar refractivity (Wildman–Crippen MR) is 250 cm³/mol. The summed E-state index contributed by atoms with van der Waals surface area (Å²) < 4.78 is 23.8. The molecule has 0 aromatic heterocycles.